The number of hydrogen-bond donors (Lipinski definition) is 1. The lowest BCUT2D eigenvalue weighted by atomic mass is 9.61. The van der Waals surface area contributed by atoms with E-state index >= 15 is 0 Å². The third kappa shape index (κ3) is 4.22. The quantitative estimate of drug-likeness (QED) is 0.565. The first-order valence-electron chi connectivity index (χ1n) is 8.70. The van der Waals surface area contributed by atoms with Gasteiger partial charge in [0, 0.05) is 0 Å². The second-order valence-electron chi connectivity index (χ2n) is 7.33. The molecule has 134 valence electrons. The van der Waals surface area contributed by atoms with Crippen molar-refractivity contribution < 1.29 is 14.6 Å². The van der Waals surface area contributed by atoms with Crippen LogP contribution < -0.4 is 0 Å². The van der Waals surface area contributed by atoms with Gasteiger partial charge in [0.05, 0.1) is 0 Å². The maximum Gasteiger partial charge on any atom is 0.342 e. The van der Waals surface area contributed by atoms with Gasteiger partial charge in [-0.2, -0.15) is 0 Å². The van der Waals surface area contributed by atoms with Gasteiger partial charge in [-0.3, -0.25) is 0 Å². The lowest BCUT2D eigenvalue weighted by Gasteiger charge is -2.43. The van der Waals surface area contributed by atoms with E-state index in [9.17, 15) is 9.90 Å². The molecule has 1 saturated carbocycles. The van der Waals surface area contributed by atoms with Crippen molar-refractivity contribution in [1.82, 2.24) is 0 Å². The first kappa shape index (κ1) is 19.0. The number of ether oxygens (including phenoxy) is 1. The number of benzene rings is 1. The van der Waals surface area contributed by atoms with Crippen molar-refractivity contribution >= 4 is 5.97 Å². The number of hydrogen-bond acceptors (Lipinski definition) is 3. The molecular weight excluding hydrogens is 312 g/mol. The van der Waals surface area contributed by atoms with Gasteiger partial charge in [0.15, 0.2) is 0 Å². The normalized spacial score (nSPS) is 25.8. The van der Waals surface area contributed by atoms with E-state index in [1.807, 2.05) is 6.08 Å². The van der Waals surface area contributed by atoms with Gasteiger partial charge < -0.3 is 9.84 Å². The van der Waals surface area contributed by atoms with E-state index < -0.39 is 5.97 Å². The van der Waals surface area contributed by atoms with Gasteiger partial charge in [0.25, 0.3) is 0 Å². The van der Waals surface area contributed by atoms with Gasteiger partial charge >= 0.3 is 5.97 Å². The Bertz CT molecular complexity index is 688. The van der Waals surface area contributed by atoms with E-state index in [0.717, 1.165) is 30.4 Å². The highest BCUT2D eigenvalue weighted by Crippen LogP contribution is 2.48. The summed E-state index contributed by atoms with van der Waals surface area (Å²) in [5.41, 5.74) is 2.32. The summed E-state index contributed by atoms with van der Waals surface area (Å²) in [5.74, 6) is 0.0589. The molecule has 0 unspecified atom stereocenters. The number of carbonyl (C=O) groups is 1. The molecule has 1 aromatic rings. The average Bonchev–Trinajstić information content (AvgIpc) is 2.59. The molecule has 2 rings (SSSR count). The molecule has 3 atom stereocenters. The van der Waals surface area contributed by atoms with Crippen LogP contribution in [0.1, 0.15) is 43.5 Å². The minimum absolute atomic E-state index is 0.0646. The molecule has 0 spiro atoms. The zero-order chi connectivity index (χ0) is 18.6. The molecule has 0 aliphatic heterocycles. The minimum atomic E-state index is -0.526. The third-order valence-electron chi connectivity index (χ3n) is 5.50. The Balaban J connectivity index is 1.97. The van der Waals surface area contributed by atoms with Crippen molar-refractivity contribution in [1.29, 1.82) is 0 Å². The van der Waals surface area contributed by atoms with E-state index in [-0.39, 0.29) is 23.3 Å². The predicted molar refractivity (Wildman–Crippen MR) is 101 cm³/mol. The summed E-state index contributed by atoms with van der Waals surface area (Å²) < 4.78 is 5.36. The van der Waals surface area contributed by atoms with Gasteiger partial charge in [0.1, 0.15) is 17.9 Å². The van der Waals surface area contributed by atoms with Gasteiger partial charge in [-0.15, -0.1) is 6.58 Å². The van der Waals surface area contributed by atoms with Crippen LogP contribution in [0.25, 0.3) is 0 Å². The van der Waals surface area contributed by atoms with Crippen LogP contribution in [-0.2, 0) is 4.74 Å². The first-order chi connectivity index (χ1) is 11.8. The summed E-state index contributed by atoms with van der Waals surface area (Å²) in [5, 5.41) is 9.73. The number of esters is 1. The average molecular weight is 340 g/mol. The summed E-state index contributed by atoms with van der Waals surface area (Å²) in [7, 11) is 0. The maximum absolute atomic E-state index is 12.1. The molecule has 1 aliphatic carbocycles. The lowest BCUT2D eigenvalue weighted by molar-refractivity contribution is 0.0517. The van der Waals surface area contributed by atoms with Gasteiger partial charge in [-0.1, -0.05) is 43.9 Å². The fourth-order valence-corrected chi connectivity index (χ4v) is 3.71. The zero-order valence-corrected chi connectivity index (χ0v) is 15.3. The van der Waals surface area contributed by atoms with Gasteiger partial charge in [0.2, 0.25) is 0 Å². The molecule has 25 heavy (non-hydrogen) atoms. The number of para-hydroxylation sites is 1. The molecule has 0 saturated heterocycles. The maximum atomic E-state index is 12.1. The van der Waals surface area contributed by atoms with Crippen LogP contribution in [-0.4, -0.2) is 17.7 Å². The summed E-state index contributed by atoms with van der Waals surface area (Å²) in [6.45, 7) is 16.8. The van der Waals surface area contributed by atoms with E-state index in [1.165, 1.54) is 6.07 Å². The summed E-state index contributed by atoms with van der Waals surface area (Å²) in [6.07, 6.45) is 5.01. The second kappa shape index (κ2) is 7.73. The van der Waals surface area contributed by atoms with Crippen LogP contribution in [0.3, 0.4) is 0 Å². The number of aromatic hydroxyl groups is 1. The van der Waals surface area contributed by atoms with Crippen molar-refractivity contribution in [2.24, 2.45) is 17.3 Å². The van der Waals surface area contributed by atoms with Crippen molar-refractivity contribution in [3.8, 4) is 5.75 Å². The Morgan fingerprint density at radius 2 is 2.08 bits per heavy atom. The van der Waals surface area contributed by atoms with Crippen molar-refractivity contribution in [2.45, 2.75) is 33.1 Å². The minimum Gasteiger partial charge on any atom is -0.507 e. The molecule has 0 radical (unpaired) electrons. The van der Waals surface area contributed by atoms with Crippen molar-refractivity contribution in [3.63, 3.8) is 0 Å². The van der Waals surface area contributed by atoms with Gasteiger partial charge in [-0.25, -0.2) is 4.79 Å². The molecule has 1 fully saturated rings. The monoisotopic (exact) mass is 340 g/mol. The Morgan fingerprint density at radius 1 is 1.40 bits per heavy atom. The van der Waals surface area contributed by atoms with Crippen molar-refractivity contribution in [3.05, 3.63) is 66.8 Å². The van der Waals surface area contributed by atoms with E-state index in [1.54, 1.807) is 18.2 Å². The molecule has 0 heterocycles. The largest absolute Gasteiger partial charge is 0.507 e. The number of allylic oxidation sites excluding steroid dienone is 2. The Hall–Kier alpha value is -2.29. The molecule has 3 nitrogen and oxygen atoms in total. The Kier molecular flexibility index (Phi) is 5.89. The molecule has 0 aromatic heterocycles. The fourth-order valence-electron chi connectivity index (χ4n) is 3.71. The van der Waals surface area contributed by atoms with E-state index in [4.69, 9.17) is 4.74 Å². The highest BCUT2D eigenvalue weighted by Gasteiger charge is 2.38. The SMILES string of the molecule is C=C[C@]1(C)CC[C@@H](C(=C)COC(=O)c2ccccc2O)C[C@H]1C(=C)C. The van der Waals surface area contributed by atoms with Crippen LogP contribution in [0, 0.1) is 17.3 Å². The molecule has 0 amide bonds. The highest BCUT2D eigenvalue weighted by molar-refractivity contribution is 5.92. The zero-order valence-electron chi connectivity index (χ0n) is 15.3. The second-order valence-corrected chi connectivity index (χ2v) is 7.33. The molecule has 3 heteroatoms. The summed E-state index contributed by atoms with van der Waals surface area (Å²) in [4.78, 5) is 12.1. The number of rotatable bonds is 6. The van der Waals surface area contributed by atoms with Crippen LogP contribution in [0.5, 0.6) is 5.75 Å². The van der Waals surface area contributed by atoms with E-state index in [2.05, 4.69) is 33.6 Å². The predicted octanol–water partition coefficient (Wildman–Crippen LogP) is 5.29. The smallest absolute Gasteiger partial charge is 0.342 e. The van der Waals surface area contributed by atoms with Crippen LogP contribution >= 0.6 is 0 Å². The first-order valence-corrected chi connectivity index (χ1v) is 8.70. The van der Waals surface area contributed by atoms with Crippen LogP contribution in [0.2, 0.25) is 0 Å². The Labute approximate surface area is 150 Å². The third-order valence-corrected chi connectivity index (χ3v) is 5.50. The molecule has 0 bridgehead atoms. The fraction of sp³-hybridized carbons (Fsp3) is 0.409. The standard InChI is InChI=1S/C22H28O3/c1-6-22(5)12-11-17(13-19(22)15(2)3)16(4)14-25-21(24)18-9-7-8-10-20(18)23/h6-10,17,19,23H,1-2,4,11-14H2,3,5H3/t17-,19+,22-/m1/s1. The summed E-state index contributed by atoms with van der Waals surface area (Å²) >= 11 is 0. The van der Waals surface area contributed by atoms with Gasteiger partial charge in [-0.05, 0) is 61.1 Å². The summed E-state index contributed by atoms with van der Waals surface area (Å²) in [6, 6.07) is 6.38. The van der Waals surface area contributed by atoms with Crippen LogP contribution in [0.15, 0.2) is 61.2 Å². The molecule has 1 N–H and O–H groups in total. The van der Waals surface area contributed by atoms with Crippen molar-refractivity contribution in [2.75, 3.05) is 6.61 Å². The lowest BCUT2D eigenvalue weighted by Crippen LogP contribution is -2.34. The highest BCUT2D eigenvalue weighted by atomic mass is 16.5. The molecule has 1 aromatic carbocycles. The number of phenolic OH excluding ortho intramolecular Hbond substituents is 1. The molecule has 1 aliphatic rings. The number of carbonyl (C=O) groups excluding carboxylic acids is 1. The molecular formula is C22H28O3. The Morgan fingerprint density at radius 3 is 2.68 bits per heavy atom. The topological polar surface area (TPSA) is 46.5 Å². The number of phenols is 1. The van der Waals surface area contributed by atoms with Crippen LogP contribution in [0.4, 0.5) is 0 Å². The van der Waals surface area contributed by atoms with E-state index in [0.29, 0.717) is 11.8 Å².